The van der Waals surface area contributed by atoms with Gasteiger partial charge in [-0.25, -0.2) is 19.5 Å². The van der Waals surface area contributed by atoms with Crippen molar-refractivity contribution in [1.29, 1.82) is 0 Å². The van der Waals surface area contributed by atoms with Crippen molar-refractivity contribution in [2.45, 2.75) is 52.5 Å². The van der Waals surface area contributed by atoms with E-state index in [0.29, 0.717) is 58.0 Å². The number of carbonyl (C=O) groups excluding carboxylic acids is 1. The number of nitrogens with zero attached hydrogens (tertiary/aromatic N) is 9. The van der Waals surface area contributed by atoms with Gasteiger partial charge in [-0.15, -0.1) is 0 Å². The molecule has 0 spiro atoms. The smallest absolute Gasteiger partial charge is 0.277 e. The summed E-state index contributed by atoms with van der Waals surface area (Å²) in [5, 5.41) is 7.75. The normalized spacial score (nSPS) is 13.6. The van der Waals surface area contributed by atoms with Crippen molar-refractivity contribution >= 4 is 51.6 Å². The van der Waals surface area contributed by atoms with Crippen LogP contribution in [0.4, 0.5) is 17.5 Å². The molecule has 0 radical (unpaired) electrons. The molecule has 1 aliphatic rings. The third kappa shape index (κ3) is 4.73. The van der Waals surface area contributed by atoms with Gasteiger partial charge in [0.15, 0.2) is 23.0 Å². The Morgan fingerprint density at radius 1 is 1.14 bits per heavy atom. The first-order chi connectivity index (χ1) is 20.0. The number of ether oxygens (including phenoxy) is 1. The van der Waals surface area contributed by atoms with Gasteiger partial charge in [0.05, 0.1) is 31.0 Å². The van der Waals surface area contributed by atoms with Gasteiger partial charge in [-0.05, 0) is 19.8 Å². The molecule has 0 aromatic carbocycles. The number of aryl methyl sites for hydroxylation is 1. The fraction of sp³-hybridized carbons (Fsp3) is 0.393. The van der Waals surface area contributed by atoms with Gasteiger partial charge in [-0.2, -0.15) is 10.1 Å². The number of nitrogens with one attached hydrogen (secondary N) is 1. The zero-order valence-electron chi connectivity index (χ0n) is 24.2. The summed E-state index contributed by atoms with van der Waals surface area (Å²) in [7, 11) is 3.48. The van der Waals surface area contributed by atoms with Crippen molar-refractivity contribution in [1.82, 2.24) is 38.7 Å². The van der Waals surface area contributed by atoms with E-state index in [-0.39, 0.29) is 27.8 Å². The van der Waals surface area contributed by atoms with Crippen LogP contribution in [0.15, 0.2) is 35.8 Å². The molecule has 0 aliphatic heterocycles. The molecule has 5 aromatic heterocycles. The van der Waals surface area contributed by atoms with Gasteiger partial charge >= 0.3 is 0 Å². The van der Waals surface area contributed by atoms with Crippen molar-refractivity contribution in [2.75, 3.05) is 17.3 Å². The molecule has 218 valence electrons. The van der Waals surface area contributed by atoms with Crippen molar-refractivity contribution in [3.63, 3.8) is 0 Å². The zero-order chi connectivity index (χ0) is 29.9. The maximum absolute atomic E-state index is 13.3. The SMILES string of the molecule is CCn1c(C(C)(C)C)ncc(Nc2nc3ncc(Oc4cnn5cc(N(C)C(=O)C6CC6)ncc45)c(Cl)c3n2C)c1=O. The minimum atomic E-state index is -0.287. The van der Waals surface area contributed by atoms with Crippen molar-refractivity contribution < 1.29 is 9.53 Å². The predicted molar refractivity (Wildman–Crippen MR) is 159 cm³/mol. The van der Waals surface area contributed by atoms with Crippen LogP contribution >= 0.6 is 11.6 Å². The standard InChI is InChI=1S/C28H31ClN10O3/c1-7-38-25(41)16(10-32-26(38)28(2,3)4)34-27-35-23-22(37(27)6)21(29)19(12-31-23)42-18-13-33-39-14-20(30-11-17(18)39)36(5)24(40)15-8-9-15/h10-15H,7-9H2,1-6H3,(H,31,34,35). The van der Waals surface area contributed by atoms with Crippen LogP contribution in [0.5, 0.6) is 11.5 Å². The van der Waals surface area contributed by atoms with E-state index in [2.05, 4.69) is 30.4 Å². The number of pyridine rings is 1. The monoisotopic (exact) mass is 590 g/mol. The van der Waals surface area contributed by atoms with E-state index >= 15 is 0 Å². The van der Waals surface area contributed by atoms with Gasteiger partial charge in [-0.1, -0.05) is 32.4 Å². The first-order valence-corrected chi connectivity index (χ1v) is 14.0. The lowest BCUT2D eigenvalue weighted by Crippen LogP contribution is -2.32. The lowest BCUT2D eigenvalue weighted by Gasteiger charge is -2.22. The van der Waals surface area contributed by atoms with Gasteiger partial charge in [0, 0.05) is 32.0 Å². The molecule has 1 N–H and O–H groups in total. The van der Waals surface area contributed by atoms with Crippen LogP contribution in [0.25, 0.3) is 16.7 Å². The number of carbonyl (C=O) groups is 1. The average molecular weight is 591 g/mol. The molecule has 5 heterocycles. The van der Waals surface area contributed by atoms with E-state index in [1.807, 2.05) is 27.7 Å². The maximum Gasteiger partial charge on any atom is 0.277 e. The van der Waals surface area contributed by atoms with Gasteiger partial charge in [0.2, 0.25) is 11.9 Å². The van der Waals surface area contributed by atoms with Gasteiger partial charge in [-0.3, -0.25) is 19.1 Å². The number of hydrogen-bond acceptors (Lipinski definition) is 9. The Morgan fingerprint density at radius 2 is 1.90 bits per heavy atom. The van der Waals surface area contributed by atoms with E-state index in [9.17, 15) is 9.59 Å². The lowest BCUT2D eigenvalue weighted by atomic mass is 9.95. The third-order valence-corrected chi connectivity index (χ3v) is 7.63. The molecule has 6 rings (SSSR count). The van der Waals surface area contributed by atoms with Crippen molar-refractivity contribution in [3.8, 4) is 11.5 Å². The van der Waals surface area contributed by atoms with Crippen molar-refractivity contribution in [3.05, 3.63) is 52.2 Å². The van der Waals surface area contributed by atoms with E-state index in [0.717, 1.165) is 12.8 Å². The molecule has 0 saturated heterocycles. The fourth-order valence-electron chi connectivity index (χ4n) is 4.82. The zero-order valence-corrected chi connectivity index (χ0v) is 25.0. The second-order valence-corrected chi connectivity index (χ2v) is 11.8. The van der Waals surface area contributed by atoms with Crippen LogP contribution in [-0.2, 0) is 23.8 Å². The molecule has 0 bridgehead atoms. The second kappa shape index (κ2) is 10.1. The van der Waals surface area contributed by atoms with Crippen LogP contribution in [0.1, 0.15) is 46.4 Å². The molecule has 42 heavy (non-hydrogen) atoms. The molecule has 1 saturated carbocycles. The summed E-state index contributed by atoms with van der Waals surface area (Å²) >= 11 is 6.80. The topological polar surface area (TPSA) is 137 Å². The summed E-state index contributed by atoms with van der Waals surface area (Å²) in [5.41, 5.74) is 1.29. The molecule has 1 aliphatic carbocycles. The van der Waals surface area contributed by atoms with E-state index < -0.39 is 0 Å². The number of hydrogen-bond donors (Lipinski definition) is 1. The van der Waals surface area contributed by atoms with Crippen LogP contribution in [0, 0.1) is 5.92 Å². The molecular weight excluding hydrogens is 560 g/mol. The Balaban J connectivity index is 1.29. The molecule has 1 amide bonds. The second-order valence-electron chi connectivity index (χ2n) is 11.4. The average Bonchev–Trinajstić information content (AvgIpc) is 3.66. The third-order valence-electron chi connectivity index (χ3n) is 7.26. The molecule has 14 heteroatoms. The number of aromatic nitrogens is 8. The predicted octanol–water partition coefficient (Wildman–Crippen LogP) is 4.45. The Labute approximate surface area is 246 Å². The highest BCUT2D eigenvalue weighted by Crippen LogP contribution is 2.37. The Kier molecular flexibility index (Phi) is 6.64. The number of rotatable bonds is 7. The fourth-order valence-corrected chi connectivity index (χ4v) is 5.12. The number of anilines is 3. The minimum absolute atomic E-state index is 0.0518. The summed E-state index contributed by atoms with van der Waals surface area (Å²) in [6.45, 7) is 8.45. The highest BCUT2D eigenvalue weighted by atomic mass is 35.5. The Hall–Kier alpha value is -4.52. The number of fused-ring (bicyclic) bond motifs is 2. The van der Waals surface area contributed by atoms with Crippen LogP contribution in [0.2, 0.25) is 5.02 Å². The summed E-state index contributed by atoms with van der Waals surface area (Å²) in [6.07, 6.45) is 9.67. The van der Waals surface area contributed by atoms with Gasteiger partial charge in [0.25, 0.3) is 5.56 Å². The lowest BCUT2D eigenvalue weighted by molar-refractivity contribution is -0.119. The molecule has 13 nitrogen and oxygen atoms in total. The molecule has 5 aromatic rings. The van der Waals surface area contributed by atoms with Crippen LogP contribution < -0.4 is 20.5 Å². The van der Waals surface area contributed by atoms with E-state index in [4.69, 9.17) is 16.3 Å². The largest absolute Gasteiger partial charge is 0.450 e. The molecule has 0 unspecified atom stereocenters. The highest BCUT2D eigenvalue weighted by molar-refractivity contribution is 6.36. The Morgan fingerprint density at radius 3 is 2.60 bits per heavy atom. The number of amides is 1. The first kappa shape index (κ1) is 27.6. The summed E-state index contributed by atoms with van der Waals surface area (Å²) in [5.74, 6) is 2.42. The number of halogens is 1. The molecule has 1 fully saturated rings. The minimum Gasteiger partial charge on any atom is -0.450 e. The molecular formula is C28H31ClN10O3. The Bertz CT molecular complexity index is 1920. The van der Waals surface area contributed by atoms with Crippen LogP contribution in [0.3, 0.4) is 0 Å². The van der Waals surface area contributed by atoms with Crippen molar-refractivity contribution in [2.24, 2.45) is 13.0 Å². The maximum atomic E-state index is 13.3. The van der Waals surface area contributed by atoms with Crippen LogP contribution in [-0.4, -0.2) is 51.6 Å². The summed E-state index contributed by atoms with van der Waals surface area (Å²) in [6, 6.07) is 0. The first-order valence-electron chi connectivity index (χ1n) is 13.6. The van der Waals surface area contributed by atoms with E-state index in [1.165, 1.54) is 12.4 Å². The number of imidazole rings is 1. The van der Waals surface area contributed by atoms with Gasteiger partial charge in [0.1, 0.15) is 27.6 Å². The molecule has 0 atom stereocenters. The quantitative estimate of drug-likeness (QED) is 0.291. The summed E-state index contributed by atoms with van der Waals surface area (Å²) in [4.78, 5) is 45.2. The summed E-state index contributed by atoms with van der Waals surface area (Å²) < 4.78 is 11.1. The van der Waals surface area contributed by atoms with E-state index in [1.54, 1.807) is 51.2 Å². The highest BCUT2D eigenvalue weighted by Gasteiger charge is 2.33. The van der Waals surface area contributed by atoms with Gasteiger partial charge < -0.3 is 14.6 Å².